The van der Waals surface area contributed by atoms with Crippen LogP contribution in [0.15, 0.2) is 60.7 Å². The predicted molar refractivity (Wildman–Crippen MR) is 110 cm³/mol. The molecule has 5 nitrogen and oxygen atoms in total. The Hall–Kier alpha value is -3.21. The minimum atomic E-state index is -0.120. The van der Waals surface area contributed by atoms with E-state index in [-0.39, 0.29) is 18.6 Å². The van der Waals surface area contributed by atoms with Crippen molar-refractivity contribution in [1.29, 1.82) is 0 Å². The highest BCUT2D eigenvalue weighted by molar-refractivity contribution is 5.84. The lowest BCUT2D eigenvalue weighted by Crippen LogP contribution is -2.33. The lowest BCUT2D eigenvalue weighted by molar-refractivity contribution is -0.124. The number of carbonyl (C=O) groups excluding carboxylic acids is 1. The molecule has 1 heterocycles. The smallest absolute Gasteiger partial charge is 0.258 e. The van der Waals surface area contributed by atoms with E-state index >= 15 is 0 Å². The SMILES string of the molecule is O=C(COc1ccc2ccccc2c1)NC(c1ccc2c(c1)OCCO2)C1CC1. The third-order valence-electron chi connectivity index (χ3n) is 5.43. The molecule has 3 aromatic rings. The third-order valence-corrected chi connectivity index (χ3v) is 5.43. The van der Waals surface area contributed by atoms with Gasteiger partial charge in [0.25, 0.3) is 5.91 Å². The standard InChI is InChI=1S/C24H23NO4/c26-23(15-29-20-9-7-16-3-1-2-4-18(16)13-20)25-24(17-5-6-17)19-8-10-21-22(14-19)28-12-11-27-21/h1-4,7-10,13-14,17,24H,5-6,11-12,15H2,(H,25,26). The van der Waals surface area contributed by atoms with Crippen LogP contribution in [0.25, 0.3) is 10.8 Å². The molecule has 29 heavy (non-hydrogen) atoms. The Morgan fingerprint density at radius 3 is 2.59 bits per heavy atom. The fourth-order valence-corrected chi connectivity index (χ4v) is 3.78. The van der Waals surface area contributed by atoms with Crippen LogP contribution in [0.2, 0.25) is 0 Å². The number of amides is 1. The van der Waals surface area contributed by atoms with Crippen molar-refractivity contribution in [3.05, 3.63) is 66.2 Å². The maximum atomic E-state index is 12.6. The monoisotopic (exact) mass is 389 g/mol. The average molecular weight is 389 g/mol. The van der Waals surface area contributed by atoms with E-state index in [0.29, 0.717) is 24.9 Å². The molecule has 1 fully saturated rings. The van der Waals surface area contributed by atoms with Gasteiger partial charge in [0.15, 0.2) is 18.1 Å². The molecular weight excluding hydrogens is 366 g/mol. The molecule has 1 aliphatic carbocycles. The molecule has 2 aliphatic rings. The molecule has 5 rings (SSSR count). The zero-order valence-corrected chi connectivity index (χ0v) is 16.1. The van der Waals surface area contributed by atoms with E-state index in [1.54, 1.807) is 0 Å². The summed E-state index contributed by atoms with van der Waals surface area (Å²) in [5.74, 6) is 2.55. The minimum absolute atomic E-state index is 0.00783. The van der Waals surface area contributed by atoms with Gasteiger partial charge in [0.05, 0.1) is 6.04 Å². The number of hydrogen-bond donors (Lipinski definition) is 1. The molecule has 1 aliphatic heterocycles. The predicted octanol–water partition coefficient (Wildman–Crippen LogP) is 4.26. The van der Waals surface area contributed by atoms with Gasteiger partial charge >= 0.3 is 0 Å². The first-order chi connectivity index (χ1) is 14.3. The van der Waals surface area contributed by atoms with Crippen molar-refractivity contribution in [1.82, 2.24) is 5.32 Å². The highest BCUT2D eigenvalue weighted by Crippen LogP contribution is 2.43. The molecule has 1 N–H and O–H groups in total. The summed E-state index contributed by atoms with van der Waals surface area (Å²) in [5, 5.41) is 5.39. The van der Waals surface area contributed by atoms with Crippen LogP contribution < -0.4 is 19.5 Å². The van der Waals surface area contributed by atoms with Crippen molar-refractivity contribution < 1.29 is 19.0 Å². The van der Waals surface area contributed by atoms with Crippen LogP contribution in [0.3, 0.4) is 0 Å². The van der Waals surface area contributed by atoms with Crippen LogP contribution in [-0.2, 0) is 4.79 Å². The fraction of sp³-hybridized carbons (Fsp3) is 0.292. The zero-order valence-electron chi connectivity index (χ0n) is 16.1. The van der Waals surface area contributed by atoms with E-state index < -0.39 is 0 Å². The second-order valence-electron chi connectivity index (χ2n) is 7.58. The van der Waals surface area contributed by atoms with Gasteiger partial charge in [0.1, 0.15) is 19.0 Å². The van der Waals surface area contributed by atoms with Crippen molar-refractivity contribution in [2.45, 2.75) is 18.9 Å². The quantitative estimate of drug-likeness (QED) is 0.685. The summed E-state index contributed by atoms with van der Waals surface area (Å²) < 4.78 is 17.0. The third kappa shape index (κ3) is 3.99. The van der Waals surface area contributed by atoms with Gasteiger partial charge in [-0.3, -0.25) is 4.79 Å². The summed E-state index contributed by atoms with van der Waals surface area (Å²) in [7, 11) is 0. The molecule has 1 amide bonds. The van der Waals surface area contributed by atoms with E-state index in [2.05, 4.69) is 11.4 Å². The van der Waals surface area contributed by atoms with Crippen molar-refractivity contribution in [3.63, 3.8) is 0 Å². The van der Waals surface area contributed by atoms with Gasteiger partial charge < -0.3 is 19.5 Å². The molecule has 0 saturated heterocycles. The van der Waals surface area contributed by atoms with Gasteiger partial charge in [0, 0.05) is 0 Å². The van der Waals surface area contributed by atoms with Gasteiger partial charge in [-0.15, -0.1) is 0 Å². The van der Waals surface area contributed by atoms with E-state index in [1.807, 2.05) is 54.6 Å². The second kappa shape index (κ2) is 7.66. The molecular formula is C24H23NO4. The van der Waals surface area contributed by atoms with Crippen molar-refractivity contribution in [2.75, 3.05) is 19.8 Å². The first-order valence-corrected chi connectivity index (χ1v) is 10.1. The molecule has 0 aromatic heterocycles. The van der Waals surface area contributed by atoms with E-state index in [1.165, 1.54) is 0 Å². The van der Waals surface area contributed by atoms with E-state index in [4.69, 9.17) is 14.2 Å². The summed E-state index contributed by atoms with van der Waals surface area (Å²) in [5.41, 5.74) is 1.05. The Balaban J connectivity index is 1.25. The molecule has 0 bridgehead atoms. The number of benzene rings is 3. The molecule has 1 atom stereocenters. The summed E-state index contributed by atoms with van der Waals surface area (Å²) in [6.45, 7) is 1.11. The van der Waals surface area contributed by atoms with Crippen LogP contribution >= 0.6 is 0 Å². The van der Waals surface area contributed by atoms with Crippen LogP contribution in [-0.4, -0.2) is 25.7 Å². The molecule has 3 aromatic carbocycles. The molecule has 5 heteroatoms. The van der Waals surface area contributed by atoms with Gasteiger partial charge in [-0.05, 0) is 59.4 Å². The zero-order chi connectivity index (χ0) is 19.6. The number of ether oxygens (including phenoxy) is 3. The number of nitrogens with one attached hydrogen (secondary N) is 1. The Morgan fingerprint density at radius 2 is 1.76 bits per heavy atom. The highest BCUT2D eigenvalue weighted by atomic mass is 16.6. The van der Waals surface area contributed by atoms with Gasteiger partial charge in [-0.25, -0.2) is 0 Å². The molecule has 1 unspecified atom stereocenters. The normalized spacial score (nSPS) is 16.3. The average Bonchev–Trinajstić information content (AvgIpc) is 3.61. The van der Waals surface area contributed by atoms with E-state index in [9.17, 15) is 4.79 Å². The summed E-state index contributed by atoms with van der Waals surface area (Å²) >= 11 is 0. The molecule has 0 radical (unpaired) electrons. The number of carbonyl (C=O) groups is 1. The van der Waals surface area contributed by atoms with Crippen LogP contribution in [0.1, 0.15) is 24.4 Å². The maximum Gasteiger partial charge on any atom is 0.258 e. The Labute approximate surface area is 169 Å². The highest BCUT2D eigenvalue weighted by Gasteiger charge is 2.34. The molecule has 148 valence electrons. The van der Waals surface area contributed by atoms with Crippen molar-refractivity contribution in [2.24, 2.45) is 5.92 Å². The lowest BCUT2D eigenvalue weighted by atomic mass is 10.0. The Morgan fingerprint density at radius 1 is 0.966 bits per heavy atom. The molecule has 0 spiro atoms. The van der Waals surface area contributed by atoms with Gasteiger partial charge in [0.2, 0.25) is 0 Å². The van der Waals surface area contributed by atoms with Crippen molar-refractivity contribution in [3.8, 4) is 17.2 Å². The van der Waals surface area contributed by atoms with Crippen LogP contribution in [0.5, 0.6) is 17.2 Å². The lowest BCUT2D eigenvalue weighted by Gasteiger charge is -2.23. The number of fused-ring (bicyclic) bond motifs is 2. The first-order valence-electron chi connectivity index (χ1n) is 10.1. The van der Waals surface area contributed by atoms with Crippen molar-refractivity contribution >= 4 is 16.7 Å². The number of rotatable bonds is 6. The summed E-state index contributed by atoms with van der Waals surface area (Å²) in [6.07, 6.45) is 2.23. The van der Waals surface area contributed by atoms with Gasteiger partial charge in [-0.1, -0.05) is 36.4 Å². The summed E-state index contributed by atoms with van der Waals surface area (Å²) in [6, 6.07) is 19.9. The minimum Gasteiger partial charge on any atom is -0.486 e. The van der Waals surface area contributed by atoms with Gasteiger partial charge in [-0.2, -0.15) is 0 Å². The van der Waals surface area contributed by atoms with E-state index in [0.717, 1.165) is 40.7 Å². The maximum absolute atomic E-state index is 12.6. The first kappa shape index (κ1) is 17.9. The Kier molecular flexibility index (Phi) is 4.72. The number of hydrogen-bond acceptors (Lipinski definition) is 4. The van der Waals surface area contributed by atoms with Crippen LogP contribution in [0, 0.1) is 5.92 Å². The summed E-state index contributed by atoms with van der Waals surface area (Å²) in [4.78, 5) is 12.6. The largest absolute Gasteiger partial charge is 0.486 e. The molecule has 1 saturated carbocycles. The Bertz CT molecular complexity index is 1040. The van der Waals surface area contributed by atoms with Crippen LogP contribution in [0.4, 0.5) is 0 Å². The topological polar surface area (TPSA) is 56.8 Å². The second-order valence-corrected chi connectivity index (χ2v) is 7.58. The fourth-order valence-electron chi connectivity index (χ4n) is 3.78.